The third-order valence-electron chi connectivity index (χ3n) is 8.95. The van der Waals surface area contributed by atoms with Gasteiger partial charge >= 0.3 is 5.69 Å². The first kappa shape index (κ1) is 34.5. The number of benzene rings is 4. The second kappa shape index (κ2) is 15.0. The maximum absolute atomic E-state index is 16.1. The summed E-state index contributed by atoms with van der Waals surface area (Å²) in [5.41, 5.74) is 1.16. The van der Waals surface area contributed by atoms with Crippen LogP contribution >= 0.6 is 0 Å². The first-order chi connectivity index (χ1) is 24.2. The van der Waals surface area contributed by atoms with Gasteiger partial charge in [0, 0.05) is 17.3 Å². The molecule has 1 aliphatic heterocycles. The quantitative estimate of drug-likeness (QED) is 0.177. The van der Waals surface area contributed by atoms with Gasteiger partial charge in [0.25, 0.3) is 5.91 Å². The van der Waals surface area contributed by atoms with Crippen LogP contribution in [0.4, 0.5) is 10.2 Å². The maximum atomic E-state index is 16.1. The number of rotatable bonds is 11. The van der Waals surface area contributed by atoms with Gasteiger partial charge in [-0.2, -0.15) is 4.98 Å². The van der Waals surface area contributed by atoms with Crippen molar-refractivity contribution in [3.05, 3.63) is 154 Å². The number of nitrogens with zero attached hydrogens (tertiary/aromatic N) is 2. The Hall–Kier alpha value is -5.36. The van der Waals surface area contributed by atoms with Gasteiger partial charge in [-0.15, -0.1) is 0 Å². The van der Waals surface area contributed by atoms with Gasteiger partial charge in [-0.1, -0.05) is 72.8 Å². The Kier molecular flexibility index (Phi) is 10.4. The molecular formula is C39H38FN3O7. The number of carbonyl (C=O) groups excluding carboxylic acids is 1. The number of halogens is 1. The molecule has 6 rings (SSSR count). The van der Waals surface area contributed by atoms with Crippen molar-refractivity contribution in [1.82, 2.24) is 9.55 Å². The van der Waals surface area contributed by atoms with Crippen molar-refractivity contribution in [3.8, 4) is 11.5 Å². The standard InChI is InChI=1S/C39H38FN3O7/c1-25-22-43(38(46)42-36(25)41-37(45)26-10-6-4-7-11-26)32-23-49-33(35(44)34(32)40)24-50-39(27-12-8-5-9-13-27,28-14-18-30(47-2)19-15-28)29-16-20-31(48-3)21-17-29/h4-22,32-35,44H,23-24H2,1-3H3,(H,41,42,45,46). The number of aliphatic hydroxyl groups is 1. The van der Waals surface area contributed by atoms with E-state index in [1.165, 1.54) is 6.20 Å². The van der Waals surface area contributed by atoms with Crippen LogP contribution in [-0.2, 0) is 15.1 Å². The minimum atomic E-state index is -1.89. The molecule has 4 unspecified atom stereocenters. The predicted molar refractivity (Wildman–Crippen MR) is 186 cm³/mol. The summed E-state index contributed by atoms with van der Waals surface area (Å²) in [6.07, 6.45) is -3.20. The SMILES string of the molecule is COc1ccc(C(OCC2OCC(n3cc(C)c(NC(=O)c4ccccc4)nc3=O)C(F)C2O)(c2ccccc2)c2ccc(OC)cc2)cc1. The fourth-order valence-corrected chi connectivity index (χ4v) is 6.21. The third kappa shape index (κ3) is 6.88. The second-order valence-electron chi connectivity index (χ2n) is 12.0. The Balaban J connectivity index is 1.26. The minimum Gasteiger partial charge on any atom is -0.497 e. The number of anilines is 1. The fourth-order valence-electron chi connectivity index (χ4n) is 6.21. The molecule has 5 aromatic rings. The van der Waals surface area contributed by atoms with Gasteiger partial charge in [0.2, 0.25) is 0 Å². The number of carbonyl (C=O) groups is 1. The van der Waals surface area contributed by atoms with Crippen molar-refractivity contribution in [2.75, 3.05) is 32.8 Å². The normalized spacial score (nSPS) is 19.1. The molecule has 4 atom stereocenters. The number of nitrogens with one attached hydrogen (secondary N) is 1. The number of aromatic nitrogens is 2. The lowest BCUT2D eigenvalue weighted by atomic mass is 9.80. The highest BCUT2D eigenvalue weighted by atomic mass is 19.1. The topological polar surface area (TPSA) is 121 Å². The number of hydrogen-bond donors (Lipinski definition) is 2. The first-order valence-electron chi connectivity index (χ1n) is 16.1. The lowest BCUT2D eigenvalue weighted by Gasteiger charge is -2.40. The van der Waals surface area contributed by atoms with Crippen LogP contribution in [0.5, 0.6) is 11.5 Å². The number of ether oxygens (including phenoxy) is 4. The number of aryl methyl sites for hydroxylation is 1. The van der Waals surface area contributed by atoms with Crippen molar-refractivity contribution in [2.45, 2.75) is 36.9 Å². The molecular weight excluding hydrogens is 641 g/mol. The number of alkyl halides is 1. The average molecular weight is 680 g/mol. The second-order valence-corrected chi connectivity index (χ2v) is 12.0. The van der Waals surface area contributed by atoms with E-state index in [0.717, 1.165) is 21.3 Å². The Morgan fingerprint density at radius 1 is 0.900 bits per heavy atom. The fraction of sp³-hybridized carbons (Fsp3) is 0.256. The molecule has 1 amide bonds. The van der Waals surface area contributed by atoms with E-state index in [9.17, 15) is 14.7 Å². The van der Waals surface area contributed by atoms with Crippen LogP contribution in [0, 0.1) is 6.92 Å². The van der Waals surface area contributed by atoms with E-state index in [-0.39, 0.29) is 19.0 Å². The third-order valence-corrected chi connectivity index (χ3v) is 8.95. The zero-order valence-corrected chi connectivity index (χ0v) is 27.9. The smallest absolute Gasteiger partial charge is 0.349 e. The van der Waals surface area contributed by atoms with E-state index in [1.807, 2.05) is 78.9 Å². The van der Waals surface area contributed by atoms with Crippen molar-refractivity contribution < 1.29 is 33.2 Å². The zero-order valence-electron chi connectivity index (χ0n) is 27.9. The van der Waals surface area contributed by atoms with E-state index in [2.05, 4.69) is 10.3 Å². The lowest BCUT2D eigenvalue weighted by Crippen LogP contribution is -2.53. The van der Waals surface area contributed by atoms with Crippen molar-refractivity contribution >= 4 is 11.7 Å². The summed E-state index contributed by atoms with van der Waals surface area (Å²) in [6, 6.07) is 31.9. The van der Waals surface area contributed by atoms with Crippen LogP contribution in [-0.4, -0.2) is 66.4 Å². The zero-order chi connectivity index (χ0) is 35.3. The molecule has 1 aliphatic rings. The van der Waals surface area contributed by atoms with E-state index in [4.69, 9.17) is 18.9 Å². The number of methoxy groups -OCH3 is 2. The molecule has 1 fully saturated rings. The highest BCUT2D eigenvalue weighted by Crippen LogP contribution is 2.42. The van der Waals surface area contributed by atoms with Gasteiger partial charge in [-0.3, -0.25) is 9.36 Å². The highest BCUT2D eigenvalue weighted by molar-refractivity contribution is 6.04. The van der Waals surface area contributed by atoms with Crippen LogP contribution in [0.25, 0.3) is 0 Å². The van der Waals surface area contributed by atoms with Crippen LogP contribution in [0.1, 0.15) is 38.7 Å². The summed E-state index contributed by atoms with van der Waals surface area (Å²) in [4.78, 5) is 29.8. The molecule has 50 heavy (non-hydrogen) atoms. The van der Waals surface area contributed by atoms with Crippen LogP contribution in [0.15, 0.2) is 120 Å². The monoisotopic (exact) mass is 679 g/mol. The molecule has 1 saturated heterocycles. The maximum Gasteiger partial charge on any atom is 0.349 e. The Bertz CT molecular complexity index is 1910. The summed E-state index contributed by atoms with van der Waals surface area (Å²) in [5, 5.41) is 13.9. The molecule has 0 aliphatic carbocycles. The number of amides is 1. The van der Waals surface area contributed by atoms with E-state index in [0.29, 0.717) is 22.6 Å². The lowest BCUT2D eigenvalue weighted by molar-refractivity contribution is -0.169. The minimum absolute atomic E-state index is 0.0633. The number of aliphatic hydroxyl groups excluding tert-OH is 1. The molecule has 11 heteroatoms. The van der Waals surface area contributed by atoms with Crippen molar-refractivity contribution in [3.63, 3.8) is 0 Å². The van der Waals surface area contributed by atoms with Gasteiger partial charge < -0.3 is 29.4 Å². The molecule has 0 spiro atoms. The molecule has 2 N–H and O–H groups in total. The molecule has 1 aromatic heterocycles. The van der Waals surface area contributed by atoms with Gasteiger partial charge in [0.15, 0.2) is 6.17 Å². The Morgan fingerprint density at radius 3 is 2.00 bits per heavy atom. The average Bonchev–Trinajstić information content (AvgIpc) is 3.16. The molecule has 2 heterocycles. The molecule has 0 bridgehead atoms. The largest absolute Gasteiger partial charge is 0.497 e. The Labute approximate surface area is 289 Å². The summed E-state index contributed by atoms with van der Waals surface area (Å²) >= 11 is 0. The van der Waals surface area contributed by atoms with Crippen LogP contribution in [0.3, 0.4) is 0 Å². The van der Waals surface area contributed by atoms with Crippen molar-refractivity contribution in [2.24, 2.45) is 0 Å². The molecule has 4 aromatic carbocycles. The summed E-state index contributed by atoms with van der Waals surface area (Å²) in [6.45, 7) is 1.22. The summed E-state index contributed by atoms with van der Waals surface area (Å²) in [5.74, 6) is 0.953. The van der Waals surface area contributed by atoms with Gasteiger partial charge in [0.05, 0.1) is 33.5 Å². The van der Waals surface area contributed by atoms with Crippen molar-refractivity contribution in [1.29, 1.82) is 0 Å². The molecule has 0 saturated carbocycles. The summed E-state index contributed by atoms with van der Waals surface area (Å²) < 4.78 is 40.9. The van der Waals surface area contributed by atoms with Gasteiger partial charge in [0.1, 0.15) is 35.1 Å². The predicted octanol–water partition coefficient (Wildman–Crippen LogP) is 5.47. The van der Waals surface area contributed by atoms with Gasteiger partial charge in [-0.05, 0) is 60.0 Å². The molecule has 258 valence electrons. The van der Waals surface area contributed by atoms with Crippen LogP contribution < -0.4 is 20.5 Å². The van der Waals surface area contributed by atoms with E-state index < -0.39 is 41.6 Å². The van der Waals surface area contributed by atoms with E-state index >= 15 is 4.39 Å². The Morgan fingerprint density at radius 2 is 1.44 bits per heavy atom. The van der Waals surface area contributed by atoms with Crippen LogP contribution in [0.2, 0.25) is 0 Å². The summed E-state index contributed by atoms with van der Waals surface area (Å²) in [7, 11) is 3.18. The first-order valence-corrected chi connectivity index (χ1v) is 16.1. The number of hydrogen-bond acceptors (Lipinski definition) is 8. The highest BCUT2D eigenvalue weighted by Gasteiger charge is 2.44. The molecule has 10 nitrogen and oxygen atoms in total. The van der Waals surface area contributed by atoms with Gasteiger partial charge in [-0.25, -0.2) is 9.18 Å². The molecule has 0 radical (unpaired) electrons. The van der Waals surface area contributed by atoms with E-state index in [1.54, 1.807) is 51.5 Å².